The van der Waals surface area contributed by atoms with Gasteiger partial charge in [0.05, 0.1) is 12.2 Å². The van der Waals surface area contributed by atoms with E-state index in [4.69, 9.17) is 4.74 Å². The Bertz CT molecular complexity index is 675. The summed E-state index contributed by atoms with van der Waals surface area (Å²) in [6, 6.07) is 7.45. The number of fused-ring (bicyclic) bond motifs is 2. The highest BCUT2D eigenvalue weighted by Crippen LogP contribution is 2.37. The minimum atomic E-state index is -0.598. The van der Waals surface area contributed by atoms with Crippen molar-refractivity contribution in [2.24, 2.45) is 11.8 Å². The molecule has 2 heterocycles. The third-order valence-corrected chi connectivity index (χ3v) is 6.03. The summed E-state index contributed by atoms with van der Waals surface area (Å²) >= 11 is 0. The van der Waals surface area contributed by atoms with Gasteiger partial charge in [-0.2, -0.15) is 0 Å². The van der Waals surface area contributed by atoms with Crippen molar-refractivity contribution >= 4 is 17.5 Å². The Morgan fingerprint density at radius 2 is 1.80 bits per heavy atom. The number of rotatable bonds is 1. The molecular weight excluding hydrogens is 316 g/mol. The van der Waals surface area contributed by atoms with Crippen molar-refractivity contribution in [1.82, 2.24) is 4.90 Å². The lowest BCUT2D eigenvalue weighted by Gasteiger charge is -2.43. The van der Waals surface area contributed by atoms with E-state index < -0.39 is 6.10 Å². The van der Waals surface area contributed by atoms with Crippen LogP contribution in [0.4, 0.5) is 5.69 Å². The molecule has 0 N–H and O–H groups in total. The second-order valence-corrected chi connectivity index (χ2v) is 7.58. The van der Waals surface area contributed by atoms with Gasteiger partial charge in [-0.1, -0.05) is 31.4 Å². The first-order valence-corrected chi connectivity index (χ1v) is 9.46. The molecule has 0 bridgehead atoms. The lowest BCUT2D eigenvalue weighted by molar-refractivity contribution is -0.142. The molecule has 1 aromatic rings. The first-order valence-electron chi connectivity index (χ1n) is 9.46. The summed E-state index contributed by atoms with van der Waals surface area (Å²) in [5.41, 5.74) is 0.755. The fourth-order valence-electron chi connectivity index (χ4n) is 4.67. The molecule has 1 aromatic carbocycles. The number of likely N-dealkylation sites (tertiary alicyclic amines) is 1. The number of benzene rings is 1. The molecule has 0 radical (unpaired) electrons. The Labute approximate surface area is 148 Å². The molecule has 1 aliphatic carbocycles. The average Bonchev–Trinajstić information content (AvgIpc) is 2.66. The molecule has 25 heavy (non-hydrogen) atoms. The van der Waals surface area contributed by atoms with Gasteiger partial charge >= 0.3 is 0 Å². The van der Waals surface area contributed by atoms with Crippen LogP contribution in [0.3, 0.4) is 0 Å². The van der Waals surface area contributed by atoms with E-state index in [2.05, 4.69) is 0 Å². The van der Waals surface area contributed by atoms with Crippen LogP contribution in [-0.2, 0) is 9.59 Å². The van der Waals surface area contributed by atoms with E-state index in [1.807, 2.05) is 29.2 Å². The lowest BCUT2D eigenvalue weighted by atomic mass is 9.75. The standard InChI is InChI=1S/C20H26N2O3/c1-14(23)22-13-19(25-18-9-5-4-8-17(18)22)20(24)21-11-10-15-6-2-3-7-16(15)12-21/h4-5,8-9,15-16,19H,2-3,6-7,10-13H2,1H3/t15-,16+,19+/m0/s1. The van der Waals surface area contributed by atoms with Crippen molar-refractivity contribution in [3.8, 4) is 5.75 Å². The number of ether oxygens (including phenoxy) is 1. The molecule has 5 heteroatoms. The maximum Gasteiger partial charge on any atom is 0.265 e. The van der Waals surface area contributed by atoms with Gasteiger partial charge in [-0.3, -0.25) is 9.59 Å². The monoisotopic (exact) mass is 342 g/mol. The summed E-state index contributed by atoms with van der Waals surface area (Å²) in [5.74, 6) is 2.03. The maximum absolute atomic E-state index is 13.1. The predicted octanol–water partition coefficient (Wildman–Crippen LogP) is 2.84. The van der Waals surface area contributed by atoms with Gasteiger partial charge in [0.25, 0.3) is 5.91 Å². The van der Waals surface area contributed by atoms with Crippen molar-refractivity contribution in [3.63, 3.8) is 0 Å². The zero-order valence-electron chi connectivity index (χ0n) is 14.8. The summed E-state index contributed by atoms with van der Waals surface area (Å²) in [5, 5.41) is 0. The van der Waals surface area contributed by atoms with Crippen LogP contribution in [0.1, 0.15) is 39.0 Å². The van der Waals surface area contributed by atoms with Gasteiger partial charge in [0, 0.05) is 20.0 Å². The maximum atomic E-state index is 13.1. The smallest absolute Gasteiger partial charge is 0.265 e. The number of anilines is 1. The quantitative estimate of drug-likeness (QED) is 0.788. The van der Waals surface area contributed by atoms with Crippen LogP contribution in [0, 0.1) is 11.8 Å². The molecule has 1 saturated heterocycles. The number of hydrogen-bond donors (Lipinski definition) is 0. The molecule has 3 atom stereocenters. The number of nitrogens with zero attached hydrogens (tertiary/aromatic N) is 2. The molecule has 5 nitrogen and oxygen atoms in total. The Kier molecular flexibility index (Phi) is 4.40. The first kappa shape index (κ1) is 16.4. The average molecular weight is 342 g/mol. The van der Waals surface area contributed by atoms with E-state index in [0.717, 1.165) is 31.1 Å². The van der Waals surface area contributed by atoms with Gasteiger partial charge < -0.3 is 14.5 Å². The first-order chi connectivity index (χ1) is 12.1. The molecule has 4 rings (SSSR count). The fraction of sp³-hybridized carbons (Fsp3) is 0.600. The minimum absolute atomic E-state index is 0.0322. The molecule has 3 aliphatic rings. The van der Waals surface area contributed by atoms with Gasteiger partial charge in [0.1, 0.15) is 5.75 Å². The van der Waals surface area contributed by atoms with Crippen LogP contribution in [0.25, 0.3) is 0 Å². The summed E-state index contributed by atoms with van der Waals surface area (Å²) in [4.78, 5) is 28.7. The summed E-state index contributed by atoms with van der Waals surface area (Å²) in [7, 11) is 0. The summed E-state index contributed by atoms with van der Waals surface area (Å²) < 4.78 is 5.98. The zero-order valence-corrected chi connectivity index (χ0v) is 14.8. The van der Waals surface area contributed by atoms with E-state index in [-0.39, 0.29) is 11.8 Å². The van der Waals surface area contributed by atoms with E-state index in [1.54, 1.807) is 4.90 Å². The number of piperidine rings is 1. The summed E-state index contributed by atoms with van der Waals surface area (Å²) in [6.45, 7) is 3.51. The van der Waals surface area contributed by atoms with Gasteiger partial charge in [0.15, 0.2) is 6.10 Å². The van der Waals surface area contributed by atoms with E-state index in [9.17, 15) is 9.59 Å². The Hall–Kier alpha value is -2.04. The largest absolute Gasteiger partial charge is 0.476 e. The van der Waals surface area contributed by atoms with Crippen LogP contribution in [0.5, 0.6) is 5.75 Å². The molecule has 0 spiro atoms. The number of hydrogen-bond acceptors (Lipinski definition) is 3. The van der Waals surface area contributed by atoms with Gasteiger partial charge in [-0.05, 0) is 36.8 Å². The number of para-hydroxylation sites is 2. The van der Waals surface area contributed by atoms with Crippen molar-refractivity contribution in [1.29, 1.82) is 0 Å². The fourth-order valence-corrected chi connectivity index (χ4v) is 4.67. The zero-order chi connectivity index (χ0) is 17.4. The molecular formula is C20H26N2O3. The van der Waals surface area contributed by atoms with Crippen molar-refractivity contribution < 1.29 is 14.3 Å². The van der Waals surface area contributed by atoms with Gasteiger partial charge in [0.2, 0.25) is 5.91 Å². The normalized spacial score (nSPS) is 28.6. The molecule has 2 aliphatic heterocycles. The number of carbonyl (C=O) groups is 2. The topological polar surface area (TPSA) is 49.9 Å². The Morgan fingerprint density at radius 1 is 1.04 bits per heavy atom. The van der Waals surface area contributed by atoms with E-state index >= 15 is 0 Å². The van der Waals surface area contributed by atoms with Crippen LogP contribution in [0.15, 0.2) is 24.3 Å². The third-order valence-electron chi connectivity index (χ3n) is 6.03. The third kappa shape index (κ3) is 3.12. The molecule has 0 aromatic heterocycles. The van der Waals surface area contributed by atoms with Crippen LogP contribution in [-0.4, -0.2) is 42.5 Å². The SMILES string of the molecule is CC(=O)N1C[C@H](C(=O)N2CC[C@@H]3CCCC[C@@H]3C2)Oc2ccccc21. The van der Waals surface area contributed by atoms with Crippen LogP contribution in [0.2, 0.25) is 0 Å². The van der Waals surface area contributed by atoms with Crippen molar-refractivity contribution in [3.05, 3.63) is 24.3 Å². The molecule has 134 valence electrons. The van der Waals surface area contributed by atoms with Crippen LogP contribution >= 0.6 is 0 Å². The van der Waals surface area contributed by atoms with Gasteiger partial charge in [-0.15, -0.1) is 0 Å². The minimum Gasteiger partial charge on any atom is -0.476 e. The highest BCUT2D eigenvalue weighted by atomic mass is 16.5. The Balaban J connectivity index is 1.50. The number of carbonyl (C=O) groups excluding carboxylic acids is 2. The van der Waals surface area contributed by atoms with Crippen molar-refractivity contribution in [2.75, 3.05) is 24.5 Å². The number of amides is 2. The van der Waals surface area contributed by atoms with Gasteiger partial charge in [-0.25, -0.2) is 0 Å². The second kappa shape index (κ2) is 6.70. The highest BCUT2D eigenvalue weighted by Gasteiger charge is 2.39. The predicted molar refractivity (Wildman–Crippen MR) is 95.5 cm³/mol. The molecule has 2 fully saturated rings. The molecule has 1 saturated carbocycles. The molecule has 0 unspecified atom stereocenters. The van der Waals surface area contributed by atoms with Crippen molar-refractivity contribution in [2.45, 2.75) is 45.1 Å². The van der Waals surface area contributed by atoms with Crippen LogP contribution < -0.4 is 9.64 Å². The second-order valence-electron chi connectivity index (χ2n) is 7.58. The molecule has 2 amide bonds. The van der Waals surface area contributed by atoms with E-state index in [0.29, 0.717) is 18.2 Å². The Morgan fingerprint density at radius 3 is 2.60 bits per heavy atom. The van der Waals surface area contributed by atoms with E-state index in [1.165, 1.54) is 32.6 Å². The lowest BCUT2D eigenvalue weighted by Crippen LogP contribution is -2.54. The highest BCUT2D eigenvalue weighted by molar-refractivity contribution is 5.95. The summed E-state index contributed by atoms with van der Waals surface area (Å²) in [6.07, 6.45) is 5.69.